The van der Waals surface area contributed by atoms with Crippen LogP contribution in [0.1, 0.15) is 92.5 Å². The summed E-state index contributed by atoms with van der Waals surface area (Å²) >= 11 is 0. The Balaban J connectivity index is 0.00000128. The first-order valence-corrected chi connectivity index (χ1v) is 38.2. The Hall–Kier alpha value is -6.00. The minimum atomic E-state index is -4.58. The fourth-order valence-corrected chi connectivity index (χ4v) is 20.7. The first kappa shape index (κ1) is 97.0. The number of ether oxygens (including phenoxy) is 6. The predicted molar refractivity (Wildman–Crippen MR) is 387 cm³/mol. The first-order valence-electron chi connectivity index (χ1n) is 29.7. The van der Waals surface area contributed by atoms with Crippen LogP contribution in [-0.4, -0.2) is 129 Å². The van der Waals surface area contributed by atoms with Gasteiger partial charge in [-0.15, -0.1) is 8.78 Å². The normalized spacial score (nSPS) is 21.4. The van der Waals surface area contributed by atoms with Crippen LogP contribution in [0.3, 0.4) is 0 Å². The number of rotatable bonds is 20. The number of hydrogen-bond acceptors (Lipinski definition) is 20. The van der Waals surface area contributed by atoms with Crippen molar-refractivity contribution >= 4 is 74.7 Å². The summed E-state index contributed by atoms with van der Waals surface area (Å²) in [5.74, 6) is 1.50. The molecule has 0 spiro atoms. The summed E-state index contributed by atoms with van der Waals surface area (Å²) in [7, 11) is -16.5. The van der Waals surface area contributed by atoms with Crippen molar-refractivity contribution in [3.8, 4) is 11.5 Å². The molecule has 2 aliphatic heterocycles. The number of fused-ring (bicyclic) bond motifs is 2. The molecule has 2 heterocycles. The van der Waals surface area contributed by atoms with Gasteiger partial charge in [0.25, 0.3) is 20.2 Å². The predicted octanol–water partition coefficient (Wildman–Crippen LogP) is 12.8. The van der Waals surface area contributed by atoms with E-state index in [1.807, 2.05) is 0 Å². The molecule has 0 amide bonds. The molecule has 10 atom stereocenters. The molecule has 568 valence electrons. The molecule has 0 radical (unpaired) electrons. The molecule has 6 fully saturated rings. The maximum Gasteiger partial charge on any atom is 1.00 e. The zero-order chi connectivity index (χ0) is 70.1. The van der Waals surface area contributed by atoms with Gasteiger partial charge in [-0.2, -0.15) is 16.8 Å². The van der Waals surface area contributed by atoms with E-state index in [9.17, 15) is 44.0 Å². The van der Waals surface area contributed by atoms with Crippen molar-refractivity contribution in [2.24, 2.45) is 23.7 Å². The van der Waals surface area contributed by atoms with Gasteiger partial charge in [-0.3, -0.25) is 8.37 Å². The molecule has 12 rings (SSSR count). The van der Waals surface area contributed by atoms with Crippen molar-refractivity contribution in [3.05, 3.63) is 194 Å². The molecule has 6 aliphatic rings. The van der Waals surface area contributed by atoms with Crippen LogP contribution in [-0.2, 0) is 89.6 Å². The maximum atomic E-state index is 12.1. The number of alkyl halides is 2. The van der Waals surface area contributed by atoms with E-state index in [4.69, 9.17) is 53.3 Å². The quantitative estimate of drug-likeness (QED) is 0.0100. The van der Waals surface area contributed by atoms with Crippen LogP contribution in [0.5, 0.6) is 11.5 Å². The van der Waals surface area contributed by atoms with Crippen LogP contribution in [0.25, 0.3) is 0 Å². The molecule has 4 saturated carbocycles. The Kier molecular flexibility index (Phi) is 41.6. The van der Waals surface area contributed by atoms with Crippen molar-refractivity contribution in [2.75, 3.05) is 38.4 Å². The van der Waals surface area contributed by atoms with Crippen LogP contribution in [0.2, 0.25) is 0 Å². The fourth-order valence-electron chi connectivity index (χ4n) is 12.4. The third kappa shape index (κ3) is 26.8. The molecule has 6 aromatic rings. The number of hydrogen-bond donors (Lipinski definition) is 0. The summed E-state index contributed by atoms with van der Waals surface area (Å²) in [6.45, 7) is 17.6. The van der Waals surface area contributed by atoms with Crippen molar-refractivity contribution < 1.29 is 136 Å². The van der Waals surface area contributed by atoms with Crippen molar-refractivity contribution in [2.45, 2.75) is 162 Å². The summed E-state index contributed by atoms with van der Waals surface area (Å²) in [6, 6.07) is 48.1. The van der Waals surface area contributed by atoms with Gasteiger partial charge in [-0.05, 0) is 124 Å². The number of carbonyl (C=O) groups is 2. The molecule has 2 saturated heterocycles. The molecule has 31 heteroatoms. The second-order valence-corrected chi connectivity index (χ2v) is 32.6. The molecule has 4 aliphatic carbocycles. The zero-order valence-electron chi connectivity index (χ0n) is 53.4. The van der Waals surface area contributed by atoms with E-state index in [1.165, 1.54) is 41.9 Å². The minimum Gasteiger partial charge on any atom is -0.746 e. The van der Waals surface area contributed by atoms with E-state index in [0.29, 0.717) is 52.1 Å². The topological polar surface area (TPSA) is 291 Å². The SMILES string of the molecule is C.C.C.C.C.C.C=COCCOc1c(C)cc([S+](c2ccccc2)c2ccccc2)cc1C.C=COCCOc1c(C)cc([S+](c2ccccc2)c2ccccc2)cc1C.O=C(F)OC1C2CC3C1OS(=O)(=O)C3C2.O=C(F)OC1C2CC3C1OS(=O)(=O)C3C2.O=S(=O)([O-])CF.O=S(=O)([O-])CF.[Na+]. The summed E-state index contributed by atoms with van der Waals surface area (Å²) in [5.41, 5.74) is 4.59. The van der Waals surface area contributed by atoms with Crippen LogP contribution in [0.4, 0.5) is 27.2 Å². The van der Waals surface area contributed by atoms with Gasteiger partial charge in [0.05, 0.1) is 44.8 Å². The maximum absolute atomic E-state index is 12.1. The number of benzene rings is 6. The van der Waals surface area contributed by atoms with E-state index >= 15 is 0 Å². The van der Waals surface area contributed by atoms with Crippen LogP contribution >= 0.6 is 0 Å². The second-order valence-electron chi connectivity index (χ2n) is 22.4. The van der Waals surface area contributed by atoms with Crippen LogP contribution in [0, 0.1) is 51.4 Å². The van der Waals surface area contributed by atoms with E-state index in [2.05, 4.69) is 196 Å². The van der Waals surface area contributed by atoms with Gasteiger partial charge < -0.3 is 37.5 Å². The molecule has 4 bridgehead atoms. The van der Waals surface area contributed by atoms with Gasteiger partial charge in [-0.1, -0.05) is 131 Å². The molecular formula is C72H96F4NaO20S6+. The molecule has 103 heavy (non-hydrogen) atoms. The summed E-state index contributed by atoms with van der Waals surface area (Å²) < 4.78 is 187. The Morgan fingerprint density at radius 3 is 0.961 bits per heavy atom. The van der Waals surface area contributed by atoms with Gasteiger partial charge in [0.1, 0.15) is 82.6 Å². The van der Waals surface area contributed by atoms with Gasteiger partial charge >= 0.3 is 42.0 Å². The number of carbonyl (C=O) groups excluding carboxylic acids is 2. The summed E-state index contributed by atoms with van der Waals surface area (Å²) in [5, 5.41) is -0.941. The molecule has 20 nitrogen and oxygen atoms in total. The monoisotopic (exact) mass is 1570 g/mol. The van der Waals surface area contributed by atoms with E-state index in [-0.39, 0.29) is 120 Å². The average Bonchev–Trinajstić information content (AvgIpc) is 1.57. The molecular weight excluding hydrogens is 1480 g/mol. The minimum absolute atomic E-state index is 0. The van der Waals surface area contributed by atoms with Gasteiger partial charge in [0, 0.05) is 47.9 Å². The van der Waals surface area contributed by atoms with Gasteiger partial charge in [0.2, 0.25) is 0 Å². The second kappa shape index (κ2) is 44.2. The van der Waals surface area contributed by atoms with E-state index < -0.39 is 99.8 Å². The summed E-state index contributed by atoms with van der Waals surface area (Å²) in [6.07, 6.45) is -1.47. The summed E-state index contributed by atoms with van der Waals surface area (Å²) in [4.78, 5) is 28.3. The average molecular weight is 1570 g/mol. The Morgan fingerprint density at radius 2 is 0.738 bits per heavy atom. The number of aryl methyl sites for hydroxylation is 4. The van der Waals surface area contributed by atoms with E-state index in [1.54, 1.807) is 0 Å². The molecule has 6 aromatic carbocycles. The Labute approximate surface area is 635 Å². The van der Waals surface area contributed by atoms with Crippen LogP contribution in [0.15, 0.2) is 201 Å². The molecule has 0 N–H and O–H groups in total. The van der Waals surface area contributed by atoms with Crippen molar-refractivity contribution in [1.82, 2.24) is 0 Å². The van der Waals surface area contributed by atoms with E-state index in [0.717, 1.165) is 33.8 Å². The molecule has 10 unspecified atom stereocenters. The molecule has 0 aromatic heterocycles. The van der Waals surface area contributed by atoms with Crippen molar-refractivity contribution in [1.29, 1.82) is 0 Å². The number of halogens is 4. The Morgan fingerprint density at radius 1 is 0.485 bits per heavy atom. The zero-order valence-corrected chi connectivity index (χ0v) is 60.3. The standard InChI is InChI=1S/2C24H25O2S.2C8H9FO5S.2CH3FO3S.6CH4.Na/c2*1-4-25-15-16-26-24-19(2)17-23(18-20(24)3)27(21-11-7-5-8-12-21)22-13-9-6-10-14-22;2*9-8(10)13-6-3-1-4-5(2-3)15(11,12)14-7(4)6;2*2-1-6(3,4)5;;;;;;;/h2*4-14,17-18H,1,15-16H2,2-3H3;2*3-7H,1-2H2;2*1H2,(H,3,4,5);6*1H4;/q2*+1;;;;;;;;;;;+1/p-2. The van der Waals surface area contributed by atoms with Gasteiger partial charge in [0.15, 0.2) is 41.4 Å². The first-order chi connectivity index (χ1) is 45.5. The van der Waals surface area contributed by atoms with Gasteiger partial charge in [-0.25, -0.2) is 35.2 Å². The van der Waals surface area contributed by atoms with Crippen molar-refractivity contribution in [3.63, 3.8) is 0 Å². The third-order valence-corrected chi connectivity index (χ3v) is 24.4. The largest absolute Gasteiger partial charge is 1.00 e. The Bertz CT molecular complexity index is 3700. The smallest absolute Gasteiger partial charge is 0.746 e. The fraction of sp³-hybridized carbons (Fsp3) is 0.417. The van der Waals surface area contributed by atoms with Crippen LogP contribution < -0.4 is 39.0 Å². The third-order valence-electron chi connectivity index (χ3n) is 15.9.